The van der Waals surface area contributed by atoms with E-state index < -0.39 is 18.0 Å². The van der Waals surface area contributed by atoms with Crippen molar-refractivity contribution in [2.75, 3.05) is 13.7 Å². The zero-order valence-corrected chi connectivity index (χ0v) is 19.3. The van der Waals surface area contributed by atoms with Crippen molar-refractivity contribution in [2.24, 2.45) is 5.92 Å². The Hall–Kier alpha value is -2.17. The number of aromatic amines is 1. The summed E-state index contributed by atoms with van der Waals surface area (Å²) in [6.07, 6.45) is 3.60. The summed E-state index contributed by atoms with van der Waals surface area (Å²) in [4.78, 5) is 26.1. The summed E-state index contributed by atoms with van der Waals surface area (Å²) < 4.78 is 28.3. The molecule has 1 aromatic heterocycles. The van der Waals surface area contributed by atoms with Crippen LogP contribution in [-0.4, -0.2) is 65.5 Å². The van der Waals surface area contributed by atoms with Crippen molar-refractivity contribution in [1.82, 2.24) is 15.5 Å². The molecule has 1 saturated carbocycles. The highest BCUT2D eigenvalue weighted by Gasteiger charge is 2.72. The van der Waals surface area contributed by atoms with Crippen LogP contribution in [0, 0.1) is 5.92 Å². The van der Waals surface area contributed by atoms with E-state index in [1.807, 2.05) is 0 Å². The van der Waals surface area contributed by atoms with Gasteiger partial charge in [-0.2, -0.15) is 0 Å². The van der Waals surface area contributed by atoms with Crippen LogP contribution >= 0.6 is 0 Å². The predicted molar refractivity (Wildman–Crippen MR) is 113 cm³/mol. The van der Waals surface area contributed by atoms with Crippen LogP contribution in [0.5, 0.6) is 0 Å². The number of carbonyl (C=O) groups is 1. The number of H-pyrrole nitrogens is 1. The Bertz CT molecular complexity index is 917. The Morgan fingerprint density at radius 3 is 2.78 bits per heavy atom. The number of nitrogens with zero attached hydrogens (tertiary/aromatic N) is 1. The summed E-state index contributed by atoms with van der Waals surface area (Å²) >= 11 is 0. The number of hydrogen-bond acceptors (Lipinski definition) is 8. The first-order chi connectivity index (χ1) is 15.2. The summed E-state index contributed by atoms with van der Waals surface area (Å²) in [6.45, 7) is 8.74. The van der Waals surface area contributed by atoms with E-state index in [0.717, 1.165) is 12.8 Å². The van der Waals surface area contributed by atoms with Crippen LogP contribution in [0.1, 0.15) is 52.8 Å². The maximum atomic E-state index is 12.6. The summed E-state index contributed by atoms with van der Waals surface area (Å²) in [5.74, 6) is -0.287. The number of nitrogens with one attached hydrogen (secondary N) is 2. The van der Waals surface area contributed by atoms with E-state index in [4.69, 9.17) is 18.9 Å². The van der Waals surface area contributed by atoms with Gasteiger partial charge in [-0.15, -0.1) is 0 Å². The highest BCUT2D eigenvalue weighted by atomic mass is 16.6. The minimum Gasteiger partial charge on any atom is -0.443 e. The Morgan fingerprint density at radius 1 is 1.44 bits per heavy atom. The van der Waals surface area contributed by atoms with E-state index in [0.29, 0.717) is 25.3 Å². The molecule has 0 unspecified atom stereocenters. The predicted octanol–water partition coefficient (Wildman–Crippen LogP) is 2.10. The van der Waals surface area contributed by atoms with Crippen molar-refractivity contribution < 1.29 is 28.3 Å². The number of methoxy groups -OCH3 is 1. The third-order valence-corrected chi connectivity index (χ3v) is 6.84. The molecule has 3 heterocycles. The van der Waals surface area contributed by atoms with E-state index in [1.54, 1.807) is 14.0 Å². The van der Waals surface area contributed by atoms with Crippen LogP contribution < -0.4 is 11.1 Å². The Morgan fingerprint density at radius 2 is 2.19 bits per heavy atom. The Labute approximate surface area is 187 Å². The van der Waals surface area contributed by atoms with Crippen molar-refractivity contribution >= 4 is 6.09 Å². The van der Waals surface area contributed by atoms with Crippen LogP contribution in [0.2, 0.25) is 0 Å². The highest BCUT2D eigenvalue weighted by molar-refractivity contribution is 5.67. The van der Waals surface area contributed by atoms with Gasteiger partial charge >= 0.3 is 11.8 Å². The molecule has 10 nitrogen and oxygen atoms in total. The molecule has 4 rings (SSSR count). The fourth-order valence-corrected chi connectivity index (χ4v) is 5.13. The summed E-state index contributed by atoms with van der Waals surface area (Å²) in [6, 6.07) is -0.306. The maximum Gasteiger partial charge on any atom is 0.438 e. The molecule has 3 fully saturated rings. The number of alkyl carbamates (subject to hydrolysis) is 1. The van der Waals surface area contributed by atoms with Gasteiger partial charge < -0.3 is 24.3 Å². The molecule has 10 heteroatoms. The molecule has 178 valence electrons. The third kappa shape index (κ3) is 4.62. The van der Waals surface area contributed by atoms with Gasteiger partial charge in [-0.1, -0.05) is 16.8 Å². The molecule has 2 aliphatic heterocycles. The molecule has 1 amide bonds. The number of amides is 1. The van der Waals surface area contributed by atoms with Gasteiger partial charge in [-0.05, 0) is 47.0 Å². The first kappa shape index (κ1) is 23.0. The van der Waals surface area contributed by atoms with E-state index in [2.05, 4.69) is 46.8 Å². The molecule has 2 N–H and O–H groups in total. The molecular weight excluding hydrogens is 418 g/mol. The zero-order valence-electron chi connectivity index (χ0n) is 19.3. The van der Waals surface area contributed by atoms with Gasteiger partial charge in [-0.25, -0.2) is 9.59 Å². The van der Waals surface area contributed by atoms with Crippen molar-refractivity contribution in [3.63, 3.8) is 0 Å². The standard InChI is InChI=1S/C22H33N3O7/c1-12(2)6-7-15-21(4,31-15)18-17(28-5)14(8-9-22(18)11-29-22)30-19(26)23-13(3)10-16-24-20(27)32-25-16/h6,13-15,17-18H,7-11H2,1-5H3,(H,23,26)(H,24,25,27)/t13-,14+,15+,17+,18+,21-,22-/m0/s1. The lowest BCUT2D eigenvalue weighted by molar-refractivity contribution is -0.118. The van der Waals surface area contributed by atoms with E-state index >= 15 is 0 Å². The number of rotatable bonds is 8. The molecule has 0 bridgehead atoms. The van der Waals surface area contributed by atoms with Crippen molar-refractivity contribution in [1.29, 1.82) is 0 Å². The van der Waals surface area contributed by atoms with Gasteiger partial charge in [-0.3, -0.25) is 9.51 Å². The average molecular weight is 452 g/mol. The van der Waals surface area contributed by atoms with Gasteiger partial charge in [0.1, 0.15) is 23.4 Å². The van der Waals surface area contributed by atoms with Crippen LogP contribution in [0.3, 0.4) is 0 Å². The van der Waals surface area contributed by atoms with E-state index in [9.17, 15) is 9.59 Å². The minimum atomic E-state index is -0.624. The molecule has 0 radical (unpaired) electrons. The SMILES string of the molecule is CO[C@@H]1[C@H](OC(=O)N[C@@H](C)Cc2noc(=O)[nH]2)CC[C@]2(CO2)[C@H]1[C@@]1(C)O[C@@H]1CC=C(C)C. The fourth-order valence-electron chi connectivity index (χ4n) is 5.13. The third-order valence-electron chi connectivity index (χ3n) is 6.84. The monoisotopic (exact) mass is 451 g/mol. The highest BCUT2D eigenvalue weighted by Crippen LogP contribution is 2.59. The molecule has 32 heavy (non-hydrogen) atoms. The van der Waals surface area contributed by atoms with E-state index in [-0.39, 0.29) is 35.4 Å². The number of hydrogen-bond donors (Lipinski definition) is 2. The van der Waals surface area contributed by atoms with E-state index in [1.165, 1.54) is 5.57 Å². The molecule has 2 saturated heterocycles. The topological polar surface area (TPSA) is 132 Å². The van der Waals surface area contributed by atoms with Crippen LogP contribution in [0.25, 0.3) is 0 Å². The van der Waals surface area contributed by atoms with Crippen molar-refractivity contribution in [3.05, 3.63) is 28.0 Å². The zero-order chi connectivity index (χ0) is 23.1. The summed E-state index contributed by atoms with van der Waals surface area (Å²) in [7, 11) is 1.65. The first-order valence-electron chi connectivity index (χ1n) is 11.2. The lowest BCUT2D eigenvalue weighted by Crippen LogP contribution is -2.56. The molecule has 7 atom stereocenters. The number of ether oxygens (including phenoxy) is 4. The minimum absolute atomic E-state index is 0.0280. The largest absolute Gasteiger partial charge is 0.443 e. The molecule has 0 aromatic carbocycles. The van der Waals surface area contributed by atoms with Gasteiger partial charge in [0.05, 0.1) is 18.6 Å². The van der Waals surface area contributed by atoms with Crippen LogP contribution in [0.4, 0.5) is 4.79 Å². The lowest BCUT2D eigenvalue weighted by atomic mass is 9.68. The average Bonchev–Trinajstić information content (AvgIpc) is 3.59. The second-order valence-corrected chi connectivity index (χ2v) is 9.61. The second-order valence-electron chi connectivity index (χ2n) is 9.61. The van der Waals surface area contributed by atoms with Gasteiger partial charge in [0, 0.05) is 19.6 Å². The summed E-state index contributed by atoms with van der Waals surface area (Å²) in [5.41, 5.74) is 0.611. The number of carbonyl (C=O) groups excluding carboxylic acids is 1. The van der Waals surface area contributed by atoms with Gasteiger partial charge in [0.15, 0.2) is 5.82 Å². The number of allylic oxidation sites excluding steroid dienone is 1. The second kappa shape index (κ2) is 8.64. The molecule has 1 aliphatic carbocycles. The quantitative estimate of drug-likeness (QED) is 0.454. The summed E-state index contributed by atoms with van der Waals surface area (Å²) in [5, 5.41) is 6.40. The number of epoxide rings is 2. The normalized spacial score (nSPS) is 36.4. The van der Waals surface area contributed by atoms with Gasteiger partial charge in [0.25, 0.3) is 0 Å². The van der Waals surface area contributed by atoms with Gasteiger partial charge in [0.2, 0.25) is 0 Å². The van der Waals surface area contributed by atoms with Crippen molar-refractivity contribution in [3.8, 4) is 0 Å². The van der Waals surface area contributed by atoms with Crippen LogP contribution in [-0.2, 0) is 25.4 Å². The molecule has 1 spiro atoms. The lowest BCUT2D eigenvalue weighted by Gasteiger charge is -2.42. The Balaban J connectivity index is 1.39. The van der Waals surface area contributed by atoms with Crippen LogP contribution in [0.15, 0.2) is 21.0 Å². The number of aromatic nitrogens is 2. The van der Waals surface area contributed by atoms with Crippen molar-refractivity contribution in [2.45, 2.75) is 88.9 Å². The Kier molecular flexibility index (Phi) is 6.21. The molecule has 3 aliphatic rings. The molecule has 1 aromatic rings. The smallest absolute Gasteiger partial charge is 0.438 e. The molecular formula is C22H33N3O7. The maximum absolute atomic E-state index is 12.6. The first-order valence-corrected chi connectivity index (χ1v) is 11.2. The fraction of sp³-hybridized carbons (Fsp3) is 0.773.